The lowest BCUT2D eigenvalue weighted by Gasteiger charge is -2.12. The quantitative estimate of drug-likeness (QED) is 0.599. The van der Waals surface area contributed by atoms with Crippen molar-refractivity contribution in [2.75, 3.05) is 18.8 Å². The number of nitrogens with zero attached hydrogens (tertiary/aromatic N) is 2. The summed E-state index contributed by atoms with van der Waals surface area (Å²) in [7, 11) is -4.47. The van der Waals surface area contributed by atoms with E-state index >= 15 is 0 Å². The molecule has 0 aliphatic rings. The summed E-state index contributed by atoms with van der Waals surface area (Å²) in [5, 5.41) is 5.79. The molecule has 0 saturated carbocycles. The predicted molar refractivity (Wildman–Crippen MR) is 109 cm³/mol. The van der Waals surface area contributed by atoms with E-state index in [1.807, 2.05) is 0 Å². The van der Waals surface area contributed by atoms with Gasteiger partial charge in [-0.25, -0.2) is 22.0 Å². The number of likely N-dealkylation sites (N-methyl/N-ethyl adjacent to an activating group) is 1. The number of sulfonamides is 2. The van der Waals surface area contributed by atoms with Gasteiger partial charge in [0.1, 0.15) is 6.54 Å². The van der Waals surface area contributed by atoms with E-state index < -0.39 is 20.0 Å². The molecule has 0 unspecified atom stereocenters. The van der Waals surface area contributed by atoms with Gasteiger partial charge in [-0.1, -0.05) is 0 Å². The Bertz CT molecular complexity index is 1280. The highest BCUT2D eigenvalue weighted by Gasteiger charge is 2.17. The molecule has 3 rings (SSSR count). The van der Waals surface area contributed by atoms with E-state index in [1.165, 1.54) is 17.0 Å². The van der Waals surface area contributed by atoms with Gasteiger partial charge in [-0.2, -0.15) is 0 Å². The van der Waals surface area contributed by atoms with Crippen molar-refractivity contribution >= 4 is 42.5 Å². The molecule has 0 aliphatic heterocycles. The third kappa shape index (κ3) is 4.58. The number of nitrogens with two attached hydrogens (primary N) is 1. The normalized spacial score (nSPS) is 12.1. The molecule has 3 aromatic rings. The fourth-order valence-electron chi connectivity index (χ4n) is 2.71. The molecule has 0 atom stereocenters. The number of amides is 1. The second-order valence-electron chi connectivity index (χ2n) is 6.63. The summed E-state index contributed by atoms with van der Waals surface area (Å²) in [6.07, 6.45) is 1.76. The first kappa shape index (κ1) is 20.8. The fraction of sp³-hybridized carbons (Fsp3) is 0.167. The summed E-state index contributed by atoms with van der Waals surface area (Å²) in [6, 6.07) is 11.4. The molecule has 2 aromatic carbocycles. The maximum atomic E-state index is 12.6. The largest absolute Gasteiger partial charge is 0.347 e. The molecule has 0 spiro atoms. The fourth-order valence-corrected chi connectivity index (χ4v) is 4.28. The van der Waals surface area contributed by atoms with Crippen LogP contribution >= 0.6 is 0 Å². The van der Waals surface area contributed by atoms with Crippen LogP contribution in [0.15, 0.2) is 64.5 Å². The lowest BCUT2D eigenvalue weighted by atomic mass is 10.2. The molecule has 0 aliphatic carbocycles. The van der Waals surface area contributed by atoms with Gasteiger partial charge >= 0.3 is 0 Å². The molecule has 1 amide bonds. The Morgan fingerprint density at radius 2 is 1.62 bits per heavy atom. The number of aromatic nitrogens is 1. The van der Waals surface area contributed by atoms with E-state index in [-0.39, 0.29) is 22.2 Å². The molecule has 9 nitrogen and oxygen atoms in total. The highest BCUT2D eigenvalue weighted by atomic mass is 32.2. The Balaban J connectivity index is 1.85. The zero-order chi connectivity index (χ0) is 21.4. The smallest absolute Gasteiger partial charge is 0.261 e. The molecule has 0 fully saturated rings. The minimum Gasteiger partial charge on any atom is -0.347 e. The van der Waals surface area contributed by atoms with Crippen LogP contribution in [0.25, 0.3) is 10.9 Å². The second-order valence-corrected chi connectivity index (χ2v) is 9.87. The summed E-state index contributed by atoms with van der Waals surface area (Å²) in [6.45, 7) is 0.179. The SMILES string of the molecule is CN(C)C(=O)Cn1ccc2cc(NS(=O)(=O)c3ccc(S(N)(=O)=O)cc3)ccc21. The van der Waals surface area contributed by atoms with Gasteiger partial charge in [-0.05, 0) is 48.5 Å². The standard InChI is InChI=1S/C18H20N4O5S2/c1-21(2)18(23)12-22-10-9-13-11-14(3-8-17(13)22)20-29(26,27)16-6-4-15(5-7-16)28(19,24)25/h3-11,20H,12H2,1-2H3,(H2,19,24,25). The zero-order valence-electron chi connectivity index (χ0n) is 15.7. The zero-order valence-corrected chi connectivity index (χ0v) is 17.4. The van der Waals surface area contributed by atoms with E-state index in [2.05, 4.69) is 4.72 Å². The summed E-state index contributed by atoms with van der Waals surface area (Å²) in [4.78, 5) is 13.1. The Labute approximate surface area is 168 Å². The first-order chi connectivity index (χ1) is 13.5. The molecule has 29 heavy (non-hydrogen) atoms. The molecule has 11 heteroatoms. The average Bonchev–Trinajstić information content (AvgIpc) is 3.02. The highest BCUT2D eigenvalue weighted by Crippen LogP contribution is 2.23. The van der Waals surface area contributed by atoms with E-state index in [4.69, 9.17) is 5.14 Å². The number of fused-ring (bicyclic) bond motifs is 1. The number of benzene rings is 2. The third-order valence-corrected chi connectivity index (χ3v) is 6.62. The first-order valence-corrected chi connectivity index (χ1v) is 11.4. The van der Waals surface area contributed by atoms with Crippen molar-refractivity contribution in [1.29, 1.82) is 0 Å². The maximum Gasteiger partial charge on any atom is 0.261 e. The van der Waals surface area contributed by atoms with Gasteiger partial charge in [-0.3, -0.25) is 9.52 Å². The van der Waals surface area contributed by atoms with E-state index in [0.717, 1.165) is 23.0 Å². The van der Waals surface area contributed by atoms with Crippen molar-refractivity contribution in [3.8, 4) is 0 Å². The van der Waals surface area contributed by atoms with E-state index in [9.17, 15) is 21.6 Å². The Morgan fingerprint density at radius 1 is 1.00 bits per heavy atom. The van der Waals surface area contributed by atoms with Gasteiger partial charge in [0, 0.05) is 36.9 Å². The van der Waals surface area contributed by atoms with Gasteiger partial charge < -0.3 is 9.47 Å². The molecular weight excluding hydrogens is 416 g/mol. The summed E-state index contributed by atoms with van der Waals surface area (Å²) in [5.74, 6) is -0.0600. The predicted octanol–water partition coefficient (Wildman–Crippen LogP) is 1.18. The molecular formula is C18H20N4O5S2. The Hall–Kier alpha value is -2.89. The first-order valence-electron chi connectivity index (χ1n) is 8.42. The minimum atomic E-state index is -3.92. The van der Waals surface area contributed by atoms with Crippen LogP contribution in [-0.2, 0) is 31.4 Å². The van der Waals surface area contributed by atoms with Crippen LogP contribution in [0.3, 0.4) is 0 Å². The highest BCUT2D eigenvalue weighted by molar-refractivity contribution is 7.92. The van der Waals surface area contributed by atoms with Crippen LogP contribution in [0.4, 0.5) is 5.69 Å². The molecule has 0 saturated heterocycles. The summed E-state index contributed by atoms with van der Waals surface area (Å²) in [5.41, 5.74) is 1.13. The molecule has 3 N–H and O–H groups in total. The second kappa shape index (κ2) is 7.50. The monoisotopic (exact) mass is 436 g/mol. The van der Waals surface area contributed by atoms with E-state index in [1.54, 1.807) is 49.1 Å². The number of nitrogens with one attached hydrogen (secondary N) is 1. The number of anilines is 1. The molecule has 1 heterocycles. The molecule has 0 radical (unpaired) electrons. The van der Waals surface area contributed by atoms with Crippen molar-refractivity contribution in [2.45, 2.75) is 16.3 Å². The topological polar surface area (TPSA) is 132 Å². The Morgan fingerprint density at radius 3 is 2.21 bits per heavy atom. The van der Waals surface area contributed by atoms with Crippen LogP contribution in [0.2, 0.25) is 0 Å². The van der Waals surface area contributed by atoms with Crippen molar-refractivity contribution in [1.82, 2.24) is 9.47 Å². The number of hydrogen-bond acceptors (Lipinski definition) is 5. The number of carbonyl (C=O) groups excluding carboxylic acids is 1. The van der Waals surface area contributed by atoms with E-state index in [0.29, 0.717) is 5.69 Å². The number of hydrogen-bond donors (Lipinski definition) is 2. The van der Waals surface area contributed by atoms with Crippen LogP contribution in [-0.4, -0.2) is 46.3 Å². The minimum absolute atomic E-state index is 0.0600. The Kier molecular flexibility index (Phi) is 5.39. The van der Waals surface area contributed by atoms with Gasteiger partial charge in [0.05, 0.1) is 9.79 Å². The lowest BCUT2D eigenvalue weighted by molar-refractivity contribution is -0.129. The number of primary sulfonamides is 1. The molecule has 1 aromatic heterocycles. The molecule has 0 bridgehead atoms. The van der Waals surface area contributed by atoms with Gasteiger partial charge in [-0.15, -0.1) is 0 Å². The summed E-state index contributed by atoms with van der Waals surface area (Å²) >= 11 is 0. The van der Waals surface area contributed by atoms with Crippen molar-refractivity contribution in [2.24, 2.45) is 5.14 Å². The van der Waals surface area contributed by atoms with Gasteiger partial charge in [0.25, 0.3) is 10.0 Å². The number of rotatable bonds is 6. The lowest BCUT2D eigenvalue weighted by Crippen LogP contribution is -2.25. The van der Waals surface area contributed by atoms with Gasteiger partial charge in [0.2, 0.25) is 15.9 Å². The third-order valence-electron chi connectivity index (χ3n) is 4.29. The summed E-state index contributed by atoms with van der Waals surface area (Å²) < 4.78 is 52.0. The van der Waals surface area contributed by atoms with Crippen LogP contribution in [0.5, 0.6) is 0 Å². The van der Waals surface area contributed by atoms with Crippen molar-refractivity contribution < 1.29 is 21.6 Å². The number of carbonyl (C=O) groups is 1. The van der Waals surface area contributed by atoms with Crippen LogP contribution in [0, 0.1) is 0 Å². The van der Waals surface area contributed by atoms with Crippen LogP contribution < -0.4 is 9.86 Å². The van der Waals surface area contributed by atoms with Gasteiger partial charge in [0.15, 0.2) is 0 Å². The van der Waals surface area contributed by atoms with Crippen molar-refractivity contribution in [3.63, 3.8) is 0 Å². The molecule has 154 valence electrons. The average molecular weight is 437 g/mol. The van der Waals surface area contributed by atoms with Crippen molar-refractivity contribution in [3.05, 3.63) is 54.7 Å². The van der Waals surface area contributed by atoms with Crippen LogP contribution in [0.1, 0.15) is 0 Å². The maximum absolute atomic E-state index is 12.6.